The summed E-state index contributed by atoms with van der Waals surface area (Å²) < 4.78 is 28.9. The maximum absolute atomic E-state index is 6.19. The summed E-state index contributed by atoms with van der Waals surface area (Å²) in [4.78, 5) is 31.9. The first-order valence-electron chi connectivity index (χ1n) is 51.9. The van der Waals surface area contributed by atoms with E-state index in [9.17, 15) is 0 Å². The number of likely N-dealkylation sites (tertiary alicyclic amines) is 3. The molecule has 0 atom stereocenters. The van der Waals surface area contributed by atoms with E-state index in [-0.39, 0.29) is 37.9 Å². The van der Waals surface area contributed by atoms with Gasteiger partial charge >= 0.3 is 0 Å². The highest BCUT2D eigenvalue weighted by atomic mass is 16.5. The number of ether oxygens (including phenoxy) is 5. The van der Waals surface area contributed by atoms with Gasteiger partial charge in [0.1, 0.15) is 47.2 Å². The largest absolute Gasteiger partial charge is 0.490 e. The molecule has 0 amide bonds. The zero-order chi connectivity index (χ0) is 97.4. The Bertz CT molecular complexity index is 4700. The van der Waals surface area contributed by atoms with Crippen molar-refractivity contribution in [3.63, 3.8) is 0 Å². The first-order valence-corrected chi connectivity index (χ1v) is 51.9. The van der Waals surface area contributed by atoms with Crippen molar-refractivity contribution in [3.05, 3.63) is 256 Å². The van der Waals surface area contributed by atoms with Crippen LogP contribution in [-0.4, -0.2) is 144 Å². The fourth-order valence-corrected chi connectivity index (χ4v) is 18.3. The molecule has 0 radical (unpaired) electrons. The van der Waals surface area contributed by atoms with Crippen molar-refractivity contribution in [2.24, 2.45) is 11.8 Å². The molecule has 4 aromatic carbocycles. The van der Waals surface area contributed by atoms with Crippen LogP contribution in [0.4, 0.5) is 11.6 Å². The lowest BCUT2D eigenvalue weighted by atomic mass is 9.84. The standard InChI is InChI=1S/C22H29NO.C21H28N2O.C18H29NO2.C16H25N.C15H23N.C14H22N2O.C14H22N2/c1-22(2,3)19-9-11-20(12-10-19)24-21-13-15-23(16-14-21)17-18-7-5-4-6-8-18;1-21(2,3)18-4-6-19(7-5-18)24-20-10-14-23(15-11-20)16-17-8-12-22-13-9-17;1-18(2,3)15-5-7-16(8-6-15)21-17-9-11-19(12-10-17)13-14-20-4;1-16(2,3)14-9-10-17-15(12-14)11-13-7-5-4-6-8-13;1-15(2,3)13-8-9-16-14(11-13)10-12-6-4-5-7-12;1-14(2,3)10-8-12(15-11-6-5-7-11)16-13(9-10)17-4;1-14(2,3)11-8-9-15-13(10-11)16(4)12-6-5-7-12/h4-12,21H,13-17H2,1-3H3;4-9,12-13,20H,10-11,14-16H2,1-3H3;5-8,17H,9-14H2,1-4H3;9-10,12-13H,4-8,11H2,1-3H3;8-9,11-12H,4-7,10H2,1-3H3;8-9,11H,5-7H2,1-4H3,(H,15,16);8-10,12H,5-7H2,1-4H3. The molecule has 1 N–H and O–H groups in total. The van der Waals surface area contributed by atoms with E-state index in [0.717, 1.165) is 145 Å². The quantitative estimate of drug-likeness (QED) is 0.0689. The number of pyridine rings is 5. The molecule has 7 aliphatic rings. The van der Waals surface area contributed by atoms with E-state index in [0.29, 0.717) is 36.3 Å². The monoisotopic (exact) mass is 1840 g/mol. The zero-order valence-electron chi connectivity index (χ0n) is 88.4. The van der Waals surface area contributed by atoms with Gasteiger partial charge in [0.2, 0.25) is 5.88 Å². The highest BCUT2D eigenvalue weighted by molar-refractivity contribution is 5.46. The van der Waals surface area contributed by atoms with E-state index in [1.807, 2.05) is 37.1 Å². The van der Waals surface area contributed by atoms with Crippen LogP contribution >= 0.6 is 0 Å². The predicted molar refractivity (Wildman–Crippen MR) is 567 cm³/mol. The van der Waals surface area contributed by atoms with E-state index >= 15 is 0 Å². The Morgan fingerprint density at radius 1 is 0.348 bits per heavy atom. The third-order valence-electron chi connectivity index (χ3n) is 28.2. The second-order valence-corrected chi connectivity index (χ2v) is 46.8. The molecule has 15 nitrogen and oxygen atoms in total. The van der Waals surface area contributed by atoms with Crippen LogP contribution in [0.25, 0.3) is 0 Å². The number of anilines is 2. The normalized spacial score (nSPS) is 17.3. The molecule has 5 aromatic heterocycles. The second kappa shape index (κ2) is 51.8. The lowest BCUT2D eigenvalue weighted by Crippen LogP contribution is -2.39. The van der Waals surface area contributed by atoms with Gasteiger partial charge in [-0.1, -0.05) is 270 Å². The van der Waals surface area contributed by atoms with E-state index in [2.05, 4.69) is 360 Å². The molecule has 738 valence electrons. The molecule has 0 bridgehead atoms. The van der Waals surface area contributed by atoms with E-state index in [1.54, 1.807) is 14.2 Å². The van der Waals surface area contributed by atoms with E-state index < -0.39 is 0 Å². The van der Waals surface area contributed by atoms with Gasteiger partial charge in [-0.2, -0.15) is 4.98 Å². The fourth-order valence-electron chi connectivity index (χ4n) is 18.3. The van der Waals surface area contributed by atoms with Crippen molar-refractivity contribution in [3.8, 4) is 23.1 Å². The van der Waals surface area contributed by atoms with Crippen molar-refractivity contribution in [2.75, 3.05) is 83.9 Å². The minimum absolute atomic E-state index is 0.117. The third kappa shape index (κ3) is 37.8. The first-order chi connectivity index (χ1) is 64.1. The van der Waals surface area contributed by atoms with Gasteiger partial charge in [-0.05, 0) is 281 Å². The molecule has 0 unspecified atom stereocenters. The van der Waals surface area contributed by atoms with Crippen molar-refractivity contribution < 1.29 is 23.7 Å². The summed E-state index contributed by atoms with van der Waals surface area (Å²) in [6.45, 7) is 57.6. The summed E-state index contributed by atoms with van der Waals surface area (Å²) in [7, 11) is 5.59. The fraction of sp³-hybridized carbons (Fsp3) is 0.592. The predicted octanol–water partition coefficient (Wildman–Crippen LogP) is 28.3. The molecule has 3 saturated heterocycles. The summed E-state index contributed by atoms with van der Waals surface area (Å²) in [5, 5.41) is 3.47. The number of methoxy groups -OCH3 is 2. The van der Waals surface area contributed by atoms with Crippen LogP contribution in [0, 0.1) is 11.8 Å². The van der Waals surface area contributed by atoms with Crippen LogP contribution in [0.3, 0.4) is 0 Å². The van der Waals surface area contributed by atoms with Crippen LogP contribution < -0.4 is 29.2 Å². The third-order valence-corrected chi connectivity index (χ3v) is 28.2. The van der Waals surface area contributed by atoms with Gasteiger partial charge in [-0.15, -0.1) is 0 Å². The second-order valence-electron chi connectivity index (χ2n) is 46.8. The van der Waals surface area contributed by atoms with Crippen LogP contribution in [-0.2, 0) is 68.6 Å². The molecular weight excluding hydrogens is 1660 g/mol. The summed E-state index contributed by atoms with van der Waals surface area (Å²) in [6.07, 6.45) is 40.2. The molecule has 4 aliphatic carbocycles. The van der Waals surface area contributed by atoms with Crippen LogP contribution in [0.15, 0.2) is 195 Å². The summed E-state index contributed by atoms with van der Waals surface area (Å²) in [6, 6.07) is 59.5. The van der Waals surface area contributed by atoms with Gasteiger partial charge < -0.3 is 38.8 Å². The number of benzene rings is 4. The van der Waals surface area contributed by atoms with Gasteiger partial charge in [0.25, 0.3) is 0 Å². The molecule has 16 rings (SSSR count). The Morgan fingerprint density at radius 3 is 1.08 bits per heavy atom. The molecule has 0 spiro atoms. The molecule has 9 aromatic rings. The minimum Gasteiger partial charge on any atom is -0.490 e. The lowest BCUT2D eigenvalue weighted by molar-refractivity contribution is 0.0797. The summed E-state index contributed by atoms with van der Waals surface area (Å²) in [5.41, 5.74) is 16.2. The van der Waals surface area contributed by atoms with Gasteiger partial charge in [0.15, 0.2) is 0 Å². The van der Waals surface area contributed by atoms with Gasteiger partial charge in [-0.25, -0.2) is 4.98 Å². The summed E-state index contributed by atoms with van der Waals surface area (Å²) >= 11 is 0. The number of rotatable bonds is 22. The average molecular weight is 1840 g/mol. The topological polar surface area (TPSA) is 136 Å². The molecule has 15 heteroatoms. The minimum atomic E-state index is 0.117. The molecule has 8 heterocycles. The van der Waals surface area contributed by atoms with Crippen LogP contribution in [0.1, 0.15) is 342 Å². The molecule has 135 heavy (non-hydrogen) atoms. The Balaban J connectivity index is 0.000000164. The molecule has 4 saturated carbocycles. The van der Waals surface area contributed by atoms with Gasteiger partial charge in [0, 0.05) is 134 Å². The van der Waals surface area contributed by atoms with Crippen molar-refractivity contribution in [2.45, 2.75) is 374 Å². The lowest BCUT2D eigenvalue weighted by Gasteiger charge is -2.36. The summed E-state index contributed by atoms with van der Waals surface area (Å²) in [5.74, 6) is 7.53. The molecular formula is C120H178N10O5. The highest BCUT2D eigenvalue weighted by Gasteiger charge is 2.30. The van der Waals surface area contributed by atoms with E-state index in [1.165, 1.54) is 171 Å². The Hall–Kier alpha value is -8.73. The number of nitrogens with zero attached hydrogens (tertiary/aromatic N) is 9. The van der Waals surface area contributed by atoms with Crippen molar-refractivity contribution in [1.82, 2.24) is 39.6 Å². The zero-order valence-corrected chi connectivity index (χ0v) is 88.4. The maximum Gasteiger partial charge on any atom is 0.215 e. The smallest absolute Gasteiger partial charge is 0.215 e. The number of nitrogens with one attached hydrogen (secondary N) is 1. The Kier molecular flexibility index (Phi) is 41.5. The number of piperidine rings is 3. The van der Waals surface area contributed by atoms with Crippen LogP contribution in [0.5, 0.6) is 23.1 Å². The molecule has 3 aliphatic heterocycles. The number of hydrogen-bond acceptors (Lipinski definition) is 15. The van der Waals surface area contributed by atoms with Gasteiger partial charge in [-0.3, -0.25) is 24.8 Å². The Morgan fingerprint density at radius 2 is 0.719 bits per heavy atom. The molecule has 7 fully saturated rings. The average Bonchev–Trinajstić information content (AvgIpc) is 0.994. The Labute approximate surface area is 819 Å². The first kappa shape index (κ1) is 108. The number of aromatic nitrogens is 5. The highest BCUT2D eigenvalue weighted by Crippen LogP contribution is 2.37. The van der Waals surface area contributed by atoms with Crippen molar-refractivity contribution >= 4 is 11.6 Å². The van der Waals surface area contributed by atoms with E-state index in [4.69, 9.17) is 23.7 Å². The SMILES string of the molecule is CC(C)(C)c1ccc(OC2CCN(Cc3ccccc3)CC2)cc1.CC(C)(C)c1ccc(OC2CCN(Cc3ccncc3)CC2)cc1.CC(C)(C)c1ccnc(CC2CCCC2)c1.CC(C)(C)c1ccnc(CC2CCCCC2)c1.CN(c1cc(C(C)(C)C)ccn1)C1CCC1.COCCN1CCC(Oc2ccc(C(C)(C)C)cc2)CC1.COc1cc(C(C)(C)C)cc(NC2CCC2)n1. The number of hydrogen-bond donors (Lipinski definition) is 1. The van der Waals surface area contributed by atoms with Crippen molar-refractivity contribution in [1.29, 1.82) is 0 Å². The maximum atomic E-state index is 6.19. The van der Waals surface area contributed by atoms with Crippen LogP contribution in [0.2, 0.25) is 0 Å². The van der Waals surface area contributed by atoms with Gasteiger partial charge in [0.05, 0.1) is 13.7 Å².